The zero-order chi connectivity index (χ0) is 22.6. The van der Waals surface area contributed by atoms with Gasteiger partial charge in [-0.3, -0.25) is 0 Å². The fourth-order valence-electron chi connectivity index (χ4n) is 3.92. The predicted octanol–water partition coefficient (Wildman–Crippen LogP) is 3.72. The Bertz CT molecular complexity index is 924. The van der Waals surface area contributed by atoms with E-state index in [1.165, 1.54) is 18.2 Å². The molecule has 0 spiro atoms. The number of nitrogens with zero attached hydrogens (tertiary/aromatic N) is 3. The van der Waals surface area contributed by atoms with E-state index in [4.69, 9.17) is 14.7 Å². The van der Waals surface area contributed by atoms with Gasteiger partial charge in [0, 0.05) is 36.4 Å². The smallest absolute Gasteiger partial charge is 0.319 e. The van der Waals surface area contributed by atoms with Gasteiger partial charge >= 0.3 is 6.03 Å². The number of aromatic nitrogens is 2. The molecule has 2 fully saturated rings. The van der Waals surface area contributed by atoms with Gasteiger partial charge in [-0.2, -0.15) is 0 Å². The van der Waals surface area contributed by atoms with Crippen LogP contribution >= 0.6 is 0 Å². The number of carbonyl (C=O) groups excluding carboxylic acids is 1. The number of ether oxygens (including phenoxy) is 1. The van der Waals surface area contributed by atoms with Gasteiger partial charge in [-0.25, -0.2) is 14.8 Å². The van der Waals surface area contributed by atoms with Crippen molar-refractivity contribution < 1.29 is 9.53 Å². The number of carbonyl (C=O) groups is 1. The molecule has 7 nitrogen and oxygen atoms in total. The van der Waals surface area contributed by atoms with E-state index >= 15 is 0 Å². The average Bonchev–Trinajstić information content (AvgIpc) is 2.77. The number of hydrogen-bond acceptors (Lipinski definition) is 5. The summed E-state index contributed by atoms with van der Waals surface area (Å²) in [5.74, 6) is 2.74. The third kappa shape index (κ3) is 5.53. The van der Waals surface area contributed by atoms with E-state index in [1.807, 2.05) is 24.3 Å². The van der Waals surface area contributed by atoms with Gasteiger partial charge in [0.15, 0.2) is 10.6 Å². The largest absolute Gasteiger partial charge is 0.378 e. The number of anilines is 2. The van der Waals surface area contributed by atoms with Crippen LogP contribution in [0.2, 0.25) is 0 Å². The Morgan fingerprint density at radius 2 is 1.91 bits per heavy atom. The van der Waals surface area contributed by atoms with Crippen molar-refractivity contribution in [2.75, 3.05) is 42.3 Å². The molecule has 2 N–H and O–H groups in total. The molecule has 2 heterocycles. The van der Waals surface area contributed by atoms with E-state index in [0.717, 1.165) is 54.4 Å². The fourth-order valence-corrected chi connectivity index (χ4v) is 4.98. The molecule has 0 atom stereocenters. The standard InChI is InChI=1S/C24H33N5O2S/c1-4-32-24(2,3)20-16-21(29-12-14-31-15-13-29)28-22(27-20)17-8-10-19(11-9-17)26-23(30)25-18-6-5-7-18/h8-11,16,18H,4-7,12-15H2,1-3H3,(H2,25,26,30)/p+1. The van der Waals surface area contributed by atoms with Gasteiger partial charge in [-0.15, -0.1) is 0 Å². The lowest BCUT2D eigenvalue weighted by Gasteiger charge is -2.29. The van der Waals surface area contributed by atoms with Crippen molar-refractivity contribution >= 4 is 29.3 Å². The molecule has 4 rings (SSSR count). The molecule has 2 amide bonds. The highest BCUT2D eigenvalue weighted by atomic mass is 32.2. The van der Waals surface area contributed by atoms with E-state index in [-0.39, 0.29) is 10.8 Å². The molecule has 1 saturated carbocycles. The number of hydrogen-bond donors (Lipinski definition) is 2. The van der Waals surface area contributed by atoms with Gasteiger partial charge in [0.1, 0.15) is 17.3 Å². The monoisotopic (exact) mass is 456 g/mol. The van der Waals surface area contributed by atoms with Gasteiger partial charge in [0.2, 0.25) is 0 Å². The maximum atomic E-state index is 12.1. The van der Waals surface area contributed by atoms with E-state index in [1.54, 1.807) is 0 Å². The third-order valence-electron chi connectivity index (χ3n) is 6.07. The van der Waals surface area contributed by atoms with Crippen molar-refractivity contribution in [3.05, 3.63) is 36.0 Å². The summed E-state index contributed by atoms with van der Waals surface area (Å²) in [7, 11) is 0. The number of urea groups is 1. The first-order valence-corrected chi connectivity index (χ1v) is 12.6. The van der Waals surface area contributed by atoms with Crippen molar-refractivity contribution in [3.63, 3.8) is 0 Å². The van der Waals surface area contributed by atoms with Gasteiger partial charge in [-0.1, -0.05) is 0 Å². The Morgan fingerprint density at radius 1 is 1.19 bits per heavy atom. The van der Waals surface area contributed by atoms with Crippen LogP contribution in [0.4, 0.5) is 16.3 Å². The Kier molecular flexibility index (Phi) is 7.20. The van der Waals surface area contributed by atoms with Crippen LogP contribution in [0.3, 0.4) is 0 Å². The summed E-state index contributed by atoms with van der Waals surface area (Å²) in [6, 6.07) is 10.1. The Balaban J connectivity index is 1.57. The molecule has 172 valence electrons. The zero-order valence-corrected chi connectivity index (χ0v) is 20.1. The molecular formula is C24H34N5O2S+. The first-order valence-electron chi connectivity index (χ1n) is 11.5. The fraction of sp³-hybridized carbons (Fsp3) is 0.542. The summed E-state index contributed by atoms with van der Waals surface area (Å²) in [6.45, 7) is 9.77. The second kappa shape index (κ2) is 10.1. The molecule has 2 aromatic rings. The normalized spacial score (nSPS) is 17.0. The highest BCUT2D eigenvalue weighted by Crippen LogP contribution is 2.30. The summed E-state index contributed by atoms with van der Waals surface area (Å²) >= 11 is 1.33. The van der Waals surface area contributed by atoms with Crippen LogP contribution in [0, 0.1) is 0 Å². The molecule has 1 saturated heterocycles. The molecular weight excluding hydrogens is 422 g/mol. The SMILES string of the molecule is CC[SH+]C(C)(C)c1cc(N2CCOCC2)nc(-c2ccc(NC(=O)NC3CCC3)cc2)n1. The zero-order valence-electron chi connectivity index (χ0n) is 19.2. The molecule has 1 aliphatic carbocycles. The molecule has 8 heteroatoms. The van der Waals surface area contributed by atoms with E-state index in [2.05, 4.69) is 42.4 Å². The second-order valence-electron chi connectivity index (χ2n) is 8.87. The van der Waals surface area contributed by atoms with Crippen molar-refractivity contribution in [1.82, 2.24) is 15.3 Å². The predicted molar refractivity (Wildman–Crippen MR) is 133 cm³/mol. The first kappa shape index (κ1) is 22.9. The van der Waals surface area contributed by atoms with Crippen molar-refractivity contribution in [1.29, 1.82) is 0 Å². The Labute approximate surface area is 194 Å². The number of nitrogens with one attached hydrogen (secondary N) is 2. The van der Waals surface area contributed by atoms with Crippen LogP contribution in [0.5, 0.6) is 0 Å². The topological polar surface area (TPSA) is 79.4 Å². The third-order valence-corrected chi connectivity index (χ3v) is 7.41. The number of amides is 2. The van der Waals surface area contributed by atoms with Gasteiger partial charge < -0.3 is 20.3 Å². The van der Waals surface area contributed by atoms with Crippen LogP contribution < -0.4 is 15.5 Å². The van der Waals surface area contributed by atoms with Gasteiger partial charge in [0.05, 0.1) is 13.2 Å². The number of morpholine rings is 1. The molecule has 0 radical (unpaired) electrons. The Hall–Kier alpha value is -2.32. The minimum atomic E-state index is -0.143. The van der Waals surface area contributed by atoms with Crippen molar-refractivity contribution in [3.8, 4) is 11.4 Å². The summed E-state index contributed by atoms with van der Waals surface area (Å²) in [5.41, 5.74) is 2.75. The van der Waals surface area contributed by atoms with E-state index < -0.39 is 0 Å². The molecule has 0 unspecified atom stereocenters. The number of benzene rings is 1. The van der Waals surface area contributed by atoms with E-state index in [0.29, 0.717) is 25.1 Å². The van der Waals surface area contributed by atoms with Crippen LogP contribution in [0.25, 0.3) is 11.4 Å². The minimum Gasteiger partial charge on any atom is -0.378 e. The van der Waals surface area contributed by atoms with Crippen LogP contribution in [0.1, 0.15) is 45.7 Å². The lowest BCUT2D eigenvalue weighted by molar-refractivity contribution is 0.122. The molecule has 32 heavy (non-hydrogen) atoms. The second-order valence-corrected chi connectivity index (χ2v) is 10.9. The van der Waals surface area contributed by atoms with Gasteiger partial charge in [0.25, 0.3) is 0 Å². The molecule has 1 aliphatic heterocycles. The highest BCUT2D eigenvalue weighted by Gasteiger charge is 2.31. The molecule has 1 aromatic heterocycles. The van der Waals surface area contributed by atoms with Crippen LogP contribution in [-0.2, 0) is 21.2 Å². The summed E-state index contributed by atoms with van der Waals surface area (Å²) < 4.78 is 5.46. The maximum Gasteiger partial charge on any atom is 0.319 e. The van der Waals surface area contributed by atoms with E-state index in [9.17, 15) is 4.79 Å². The lowest BCUT2D eigenvalue weighted by atomic mass is 9.93. The van der Waals surface area contributed by atoms with Gasteiger partial charge in [-0.05, 0) is 76.1 Å². The van der Waals surface area contributed by atoms with Crippen LogP contribution in [0.15, 0.2) is 30.3 Å². The molecule has 0 bridgehead atoms. The number of thiol groups is 1. The maximum absolute atomic E-state index is 12.1. The number of rotatable bonds is 7. The summed E-state index contributed by atoms with van der Waals surface area (Å²) in [6.07, 6.45) is 3.33. The van der Waals surface area contributed by atoms with Crippen molar-refractivity contribution in [2.24, 2.45) is 0 Å². The Morgan fingerprint density at radius 3 is 2.53 bits per heavy atom. The molecule has 1 aromatic carbocycles. The average molecular weight is 457 g/mol. The minimum absolute atomic E-state index is 0.0609. The lowest BCUT2D eigenvalue weighted by Crippen LogP contribution is -2.41. The quantitative estimate of drug-likeness (QED) is 0.490. The summed E-state index contributed by atoms with van der Waals surface area (Å²) in [5, 5.41) is 5.92. The van der Waals surface area contributed by atoms with Crippen molar-refractivity contribution in [2.45, 2.75) is 50.8 Å². The van der Waals surface area contributed by atoms with Crippen LogP contribution in [-0.4, -0.2) is 54.1 Å². The highest BCUT2D eigenvalue weighted by molar-refractivity contribution is 7.79. The summed E-state index contributed by atoms with van der Waals surface area (Å²) in [4.78, 5) is 24.3. The molecule has 2 aliphatic rings. The first-order chi connectivity index (χ1) is 15.4.